The molecule has 0 aliphatic rings. The van der Waals surface area contributed by atoms with Gasteiger partial charge in [-0.15, -0.1) is 0 Å². The lowest BCUT2D eigenvalue weighted by Crippen LogP contribution is -2.30. The zero-order valence-corrected chi connectivity index (χ0v) is 65.9. The van der Waals surface area contributed by atoms with E-state index in [0.717, 1.165) is 102 Å². The third-order valence-electron chi connectivity index (χ3n) is 18.8. The molecule has 0 fully saturated rings. The average molecular weight is 1440 g/mol. The molecule has 98 heavy (non-hydrogen) atoms. The SMILES string of the molecule is CCCCCCCCCCCCCCCCCCCCC(=O)O[C@H](COC(=O)CCCCCCCCCCCCCCCCCC)COP(=O)(O)OC[C@@H](O)COP(=O)(O)OC[C@@H](COC(=O)CCCCCCCCCC(C)C)OC(=O)CCCCCCCCCCCCC(C)CC. The molecule has 0 amide bonds. The maximum absolute atomic E-state index is 13.1. The van der Waals surface area contributed by atoms with Crippen molar-refractivity contribution < 1.29 is 80.2 Å². The Morgan fingerprint density at radius 3 is 0.776 bits per heavy atom. The van der Waals surface area contributed by atoms with Crippen molar-refractivity contribution >= 4 is 39.5 Å². The zero-order chi connectivity index (χ0) is 72.1. The largest absolute Gasteiger partial charge is 0.472 e. The topological polar surface area (TPSA) is 237 Å². The first-order valence-corrected chi connectivity index (χ1v) is 44.0. The summed E-state index contributed by atoms with van der Waals surface area (Å²) in [5.74, 6) is -0.604. The lowest BCUT2D eigenvalue weighted by atomic mass is 9.99. The average Bonchev–Trinajstić information content (AvgIpc) is 0.940. The Morgan fingerprint density at radius 2 is 0.520 bits per heavy atom. The smallest absolute Gasteiger partial charge is 0.462 e. The molecule has 0 aromatic carbocycles. The number of carbonyl (C=O) groups excluding carboxylic acids is 4. The van der Waals surface area contributed by atoms with Gasteiger partial charge < -0.3 is 33.8 Å². The van der Waals surface area contributed by atoms with E-state index in [-0.39, 0.29) is 25.7 Å². The van der Waals surface area contributed by atoms with Crippen molar-refractivity contribution in [2.24, 2.45) is 11.8 Å². The van der Waals surface area contributed by atoms with Crippen molar-refractivity contribution in [2.75, 3.05) is 39.6 Å². The maximum Gasteiger partial charge on any atom is 0.472 e. The highest BCUT2D eigenvalue weighted by Gasteiger charge is 2.30. The number of hydrogen-bond acceptors (Lipinski definition) is 15. The fourth-order valence-electron chi connectivity index (χ4n) is 12.2. The molecular weight excluding hydrogens is 1280 g/mol. The van der Waals surface area contributed by atoms with Crippen LogP contribution in [0.3, 0.4) is 0 Å². The van der Waals surface area contributed by atoms with Gasteiger partial charge in [0.15, 0.2) is 12.2 Å². The number of unbranched alkanes of at least 4 members (excludes halogenated alkanes) is 47. The summed E-state index contributed by atoms with van der Waals surface area (Å²) in [4.78, 5) is 72.9. The number of phosphoric acid groups is 2. The van der Waals surface area contributed by atoms with E-state index in [2.05, 4.69) is 41.5 Å². The maximum atomic E-state index is 13.1. The highest BCUT2D eigenvalue weighted by Crippen LogP contribution is 2.45. The Labute approximate surface area is 600 Å². The molecule has 0 aliphatic heterocycles. The highest BCUT2D eigenvalue weighted by molar-refractivity contribution is 7.47. The summed E-state index contributed by atoms with van der Waals surface area (Å²) in [5.41, 5.74) is 0. The van der Waals surface area contributed by atoms with Crippen molar-refractivity contribution in [2.45, 2.75) is 432 Å². The Hall–Kier alpha value is -1.94. The zero-order valence-electron chi connectivity index (χ0n) is 64.1. The predicted octanol–water partition coefficient (Wildman–Crippen LogP) is 23.5. The number of carbonyl (C=O) groups is 4. The summed E-state index contributed by atoms with van der Waals surface area (Å²) in [6.07, 6.45) is 59.6. The first-order valence-electron chi connectivity index (χ1n) is 41.0. The van der Waals surface area contributed by atoms with Gasteiger partial charge in [-0.2, -0.15) is 0 Å². The van der Waals surface area contributed by atoms with E-state index in [9.17, 15) is 43.2 Å². The minimum Gasteiger partial charge on any atom is -0.462 e. The Morgan fingerprint density at radius 1 is 0.296 bits per heavy atom. The Balaban J connectivity index is 5.25. The van der Waals surface area contributed by atoms with Crippen LogP contribution < -0.4 is 0 Å². The number of aliphatic hydroxyl groups excluding tert-OH is 1. The molecule has 0 aromatic rings. The van der Waals surface area contributed by atoms with Crippen molar-refractivity contribution in [1.82, 2.24) is 0 Å². The molecule has 3 N–H and O–H groups in total. The van der Waals surface area contributed by atoms with Crippen LogP contribution in [0.4, 0.5) is 0 Å². The van der Waals surface area contributed by atoms with Gasteiger partial charge in [-0.3, -0.25) is 37.3 Å². The van der Waals surface area contributed by atoms with Crippen LogP contribution in [0.15, 0.2) is 0 Å². The van der Waals surface area contributed by atoms with Gasteiger partial charge in [0.2, 0.25) is 0 Å². The van der Waals surface area contributed by atoms with Crippen molar-refractivity contribution in [1.29, 1.82) is 0 Å². The van der Waals surface area contributed by atoms with Crippen LogP contribution in [0, 0.1) is 11.8 Å². The van der Waals surface area contributed by atoms with Crippen LogP contribution in [-0.4, -0.2) is 96.7 Å². The van der Waals surface area contributed by atoms with E-state index in [1.54, 1.807) is 0 Å². The van der Waals surface area contributed by atoms with Gasteiger partial charge in [-0.25, -0.2) is 9.13 Å². The Bertz CT molecular complexity index is 1890. The molecule has 0 saturated carbocycles. The monoisotopic (exact) mass is 1440 g/mol. The fraction of sp³-hybridized carbons (Fsp3) is 0.949. The third-order valence-corrected chi connectivity index (χ3v) is 20.7. The summed E-state index contributed by atoms with van der Waals surface area (Å²) in [7, 11) is -9.92. The number of rotatable bonds is 78. The normalized spacial score (nSPS) is 14.2. The minimum absolute atomic E-state index is 0.106. The summed E-state index contributed by atoms with van der Waals surface area (Å²) in [5, 5.41) is 10.6. The second-order valence-electron chi connectivity index (χ2n) is 29.2. The summed E-state index contributed by atoms with van der Waals surface area (Å²) in [6.45, 7) is 9.59. The Kier molecular flexibility index (Phi) is 69.3. The second-order valence-corrected chi connectivity index (χ2v) is 32.1. The number of esters is 4. The molecule has 0 saturated heterocycles. The van der Waals surface area contributed by atoms with Crippen molar-refractivity contribution in [3.63, 3.8) is 0 Å². The summed E-state index contributed by atoms with van der Waals surface area (Å²) >= 11 is 0. The predicted molar refractivity (Wildman–Crippen MR) is 400 cm³/mol. The van der Waals surface area contributed by atoms with Crippen LogP contribution in [0.2, 0.25) is 0 Å². The van der Waals surface area contributed by atoms with Crippen LogP contribution in [-0.2, 0) is 65.4 Å². The van der Waals surface area contributed by atoms with E-state index in [0.29, 0.717) is 31.6 Å². The molecule has 0 radical (unpaired) electrons. The molecule has 0 aromatic heterocycles. The number of aliphatic hydroxyl groups is 1. The van der Waals surface area contributed by atoms with Gasteiger partial charge >= 0.3 is 39.5 Å². The molecule has 0 bridgehead atoms. The van der Waals surface area contributed by atoms with Crippen LogP contribution in [0.5, 0.6) is 0 Å². The fourth-order valence-corrected chi connectivity index (χ4v) is 13.7. The second kappa shape index (κ2) is 70.7. The van der Waals surface area contributed by atoms with Crippen molar-refractivity contribution in [3.8, 4) is 0 Å². The van der Waals surface area contributed by atoms with E-state index in [1.807, 2.05) is 0 Å². The molecule has 6 atom stereocenters. The molecule has 19 heteroatoms. The molecule has 3 unspecified atom stereocenters. The minimum atomic E-state index is -4.96. The molecule has 0 heterocycles. The first kappa shape index (κ1) is 96.1. The van der Waals surface area contributed by atoms with E-state index in [4.69, 9.17) is 37.0 Å². The quantitative estimate of drug-likeness (QED) is 0.0222. The van der Waals surface area contributed by atoms with Crippen LogP contribution in [0.25, 0.3) is 0 Å². The number of hydrogen-bond donors (Lipinski definition) is 3. The standard InChI is InChI=1S/C79H154O17P2/c1-7-10-12-14-16-18-20-22-24-26-27-29-31-33-38-44-51-57-63-78(83)95-74(67-89-76(81)61-55-49-43-37-32-30-28-25-23-21-19-17-15-13-11-8-2)69-93-97(85,86)91-65-73(80)66-92-98(87,88)94-70-75(68-90-77(82)62-56-50-46-40-41-47-53-59-71(4)5)96-79(84)64-58-52-45-39-35-34-36-42-48-54-60-72(6)9-3/h71-75,80H,7-70H2,1-6H3,(H,85,86)(H,87,88)/t72?,73-,74-,75-/m1/s1. The van der Waals surface area contributed by atoms with Gasteiger partial charge in [-0.1, -0.05) is 363 Å². The third kappa shape index (κ3) is 71.1. The number of ether oxygens (including phenoxy) is 4. The van der Waals surface area contributed by atoms with Crippen molar-refractivity contribution in [3.05, 3.63) is 0 Å². The number of phosphoric ester groups is 2. The molecule has 17 nitrogen and oxygen atoms in total. The summed E-state index contributed by atoms with van der Waals surface area (Å²) in [6, 6.07) is 0. The van der Waals surface area contributed by atoms with Gasteiger partial charge in [0.05, 0.1) is 26.4 Å². The molecule has 0 rings (SSSR count). The lowest BCUT2D eigenvalue weighted by molar-refractivity contribution is -0.161. The highest BCUT2D eigenvalue weighted by atomic mass is 31.2. The van der Waals surface area contributed by atoms with E-state index < -0.39 is 97.5 Å². The molecule has 0 spiro atoms. The van der Waals surface area contributed by atoms with E-state index in [1.165, 1.54) is 225 Å². The van der Waals surface area contributed by atoms with E-state index >= 15 is 0 Å². The summed E-state index contributed by atoms with van der Waals surface area (Å²) < 4.78 is 68.7. The van der Waals surface area contributed by atoms with Crippen LogP contribution >= 0.6 is 15.6 Å². The molecular formula is C79H154O17P2. The van der Waals surface area contributed by atoms with Gasteiger partial charge in [0.25, 0.3) is 0 Å². The van der Waals surface area contributed by atoms with Gasteiger partial charge in [0, 0.05) is 25.7 Å². The molecule has 582 valence electrons. The van der Waals surface area contributed by atoms with Gasteiger partial charge in [0.1, 0.15) is 19.3 Å². The van der Waals surface area contributed by atoms with Crippen LogP contribution in [0.1, 0.15) is 414 Å². The first-order chi connectivity index (χ1) is 47.4. The lowest BCUT2D eigenvalue weighted by Gasteiger charge is -2.21. The molecule has 0 aliphatic carbocycles. The van der Waals surface area contributed by atoms with Gasteiger partial charge in [-0.05, 0) is 37.5 Å².